The summed E-state index contributed by atoms with van der Waals surface area (Å²) in [4.78, 5) is 12.5. The molecule has 1 amide bonds. The fourth-order valence-electron chi connectivity index (χ4n) is 1.61. The van der Waals surface area contributed by atoms with Gasteiger partial charge in [0.05, 0.1) is 0 Å². The lowest BCUT2D eigenvalue weighted by molar-refractivity contribution is -0.110. The van der Waals surface area contributed by atoms with Gasteiger partial charge < -0.3 is 10.2 Å². The van der Waals surface area contributed by atoms with Crippen LogP contribution in [0, 0.1) is 0 Å². The van der Waals surface area contributed by atoms with Gasteiger partial charge in [-0.15, -0.1) is 0 Å². The zero-order valence-corrected chi connectivity index (χ0v) is 13.3. The van der Waals surface area contributed by atoms with Crippen molar-refractivity contribution in [2.75, 3.05) is 20.6 Å². The molecule has 3 nitrogen and oxygen atoms in total. The number of amides is 1. The predicted molar refractivity (Wildman–Crippen MR) is 84.4 cm³/mol. The van der Waals surface area contributed by atoms with Crippen LogP contribution in [-0.4, -0.2) is 38.0 Å². The molecule has 0 bridgehead atoms. The summed E-state index contributed by atoms with van der Waals surface area (Å²) in [6, 6.07) is 10.4. The molecule has 110 valence electrons. The van der Waals surface area contributed by atoms with Gasteiger partial charge in [0.1, 0.15) is 0 Å². The average Bonchev–Trinajstić information content (AvgIpc) is 2.44. The third-order valence-corrected chi connectivity index (χ3v) is 2.21. The highest BCUT2D eigenvalue weighted by atomic mass is 16.1. The first kappa shape index (κ1) is 20.0. The van der Waals surface area contributed by atoms with Crippen molar-refractivity contribution < 1.29 is 4.79 Å². The van der Waals surface area contributed by atoms with Gasteiger partial charge in [-0.05, 0) is 26.1 Å². The first-order valence-corrected chi connectivity index (χ1v) is 7.10. The zero-order chi connectivity index (χ0) is 15.1. The first-order valence-electron chi connectivity index (χ1n) is 7.10. The number of carbonyl (C=O) groups is 1. The SMILES string of the molecule is CC.CC.CN(C)CC(Cc1ccccc1)NC=O. The number of nitrogens with one attached hydrogen (secondary N) is 1. The van der Waals surface area contributed by atoms with Crippen LogP contribution in [0.3, 0.4) is 0 Å². The summed E-state index contributed by atoms with van der Waals surface area (Å²) in [7, 11) is 4.01. The van der Waals surface area contributed by atoms with Crippen LogP contribution < -0.4 is 5.32 Å². The second kappa shape index (κ2) is 14.7. The van der Waals surface area contributed by atoms with Crippen molar-refractivity contribution in [3.8, 4) is 0 Å². The fraction of sp³-hybridized carbons (Fsp3) is 0.562. The molecule has 1 atom stereocenters. The molecule has 3 heteroatoms. The van der Waals surface area contributed by atoms with Crippen molar-refractivity contribution in [3.63, 3.8) is 0 Å². The van der Waals surface area contributed by atoms with E-state index in [0.717, 1.165) is 19.4 Å². The predicted octanol–water partition coefficient (Wildman–Crippen LogP) is 2.96. The van der Waals surface area contributed by atoms with Gasteiger partial charge in [0.2, 0.25) is 6.41 Å². The van der Waals surface area contributed by atoms with Gasteiger partial charge >= 0.3 is 0 Å². The quantitative estimate of drug-likeness (QED) is 0.803. The third kappa shape index (κ3) is 11.5. The minimum absolute atomic E-state index is 0.180. The Hall–Kier alpha value is -1.35. The molecule has 1 N–H and O–H groups in total. The Morgan fingerprint density at radius 2 is 1.63 bits per heavy atom. The van der Waals surface area contributed by atoms with Crippen molar-refractivity contribution >= 4 is 6.41 Å². The molecule has 0 aromatic heterocycles. The Morgan fingerprint density at radius 1 is 1.11 bits per heavy atom. The van der Waals surface area contributed by atoms with E-state index < -0.39 is 0 Å². The van der Waals surface area contributed by atoms with Crippen LogP contribution in [0.2, 0.25) is 0 Å². The van der Waals surface area contributed by atoms with Crippen LogP contribution in [0.15, 0.2) is 30.3 Å². The molecule has 0 aliphatic carbocycles. The van der Waals surface area contributed by atoms with Crippen LogP contribution >= 0.6 is 0 Å². The Balaban J connectivity index is 0. The van der Waals surface area contributed by atoms with Crippen molar-refractivity contribution in [3.05, 3.63) is 35.9 Å². The highest BCUT2D eigenvalue weighted by Crippen LogP contribution is 2.03. The maximum absolute atomic E-state index is 10.5. The summed E-state index contributed by atoms with van der Waals surface area (Å²) >= 11 is 0. The number of hydrogen-bond acceptors (Lipinski definition) is 2. The summed E-state index contributed by atoms with van der Waals surface area (Å²) in [6.45, 7) is 8.85. The van der Waals surface area contributed by atoms with E-state index in [-0.39, 0.29) is 6.04 Å². The van der Waals surface area contributed by atoms with Gasteiger partial charge in [-0.25, -0.2) is 0 Å². The van der Waals surface area contributed by atoms with Crippen LogP contribution in [-0.2, 0) is 11.2 Å². The van der Waals surface area contributed by atoms with E-state index in [1.807, 2.05) is 60.0 Å². The molecule has 1 unspecified atom stereocenters. The lowest BCUT2D eigenvalue weighted by atomic mass is 10.1. The molecule has 0 aliphatic rings. The number of benzene rings is 1. The van der Waals surface area contributed by atoms with E-state index in [0.29, 0.717) is 0 Å². The second-order valence-corrected chi connectivity index (χ2v) is 3.93. The van der Waals surface area contributed by atoms with Gasteiger partial charge in [0.25, 0.3) is 0 Å². The Bertz CT molecular complexity index is 286. The molecule has 1 aromatic carbocycles. The number of carbonyl (C=O) groups excluding carboxylic acids is 1. The molecule has 0 saturated carbocycles. The van der Waals surface area contributed by atoms with Crippen LogP contribution in [0.5, 0.6) is 0 Å². The molecule has 0 fully saturated rings. The molecule has 0 heterocycles. The standard InChI is InChI=1S/C12H18N2O.2C2H6/c1-14(2)9-12(13-10-15)8-11-6-4-3-5-7-11;2*1-2/h3-7,10,12H,8-9H2,1-2H3,(H,13,15);2*1-2H3. The number of likely N-dealkylation sites (N-methyl/N-ethyl adjacent to an activating group) is 1. The van der Waals surface area contributed by atoms with E-state index in [2.05, 4.69) is 22.3 Å². The zero-order valence-electron chi connectivity index (χ0n) is 13.3. The Labute approximate surface area is 119 Å². The van der Waals surface area contributed by atoms with E-state index in [1.54, 1.807) is 0 Å². The smallest absolute Gasteiger partial charge is 0.207 e. The largest absolute Gasteiger partial charge is 0.354 e. The Kier molecular flexibility index (Phi) is 15.5. The lowest BCUT2D eigenvalue weighted by Gasteiger charge is -2.20. The van der Waals surface area contributed by atoms with Crippen molar-refractivity contribution in [1.29, 1.82) is 0 Å². The molecule has 0 radical (unpaired) electrons. The number of nitrogens with zero attached hydrogens (tertiary/aromatic N) is 1. The third-order valence-electron chi connectivity index (χ3n) is 2.21. The summed E-state index contributed by atoms with van der Waals surface area (Å²) in [6.07, 6.45) is 1.65. The van der Waals surface area contributed by atoms with Crippen LogP contribution in [0.25, 0.3) is 0 Å². The molecule has 0 saturated heterocycles. The normalized spacial score (nSPS) is 10.5. The molecule has 0 aliphatic heterocycles. The molecule has 0 spiro atoms. The van der Waals surface area contributed by atoms with E-state index >= 15 is 0 Å². The molecule has 1 rings (SSSR count). The Morgan fingerprint density at radius 3 is 2.05 bits per heavy atom. The van der Waals surface area contributed by atoms with Crippen molar-refractivity contribution in [2.45, 2.75) is 40.2 Å². The summed E-state index contributed by atoms with van der Waals surface area (Å²) in [5.41, 5.74) is 1.25. The molecule has 19 heavy (non-hydrogen) atoms. The van der Waals surface area contributed by atoms with E-state index in [4.69, 9.17) is 0 Å². The average molecular weight is 266 g/mol. The number of hydrogen-bond donors (Lipinski definition) is 1. The fourth-order valence-corrected chi connectivity index (χ4v) is 1.61. The minimum atomic E-state index is 0.180. The monoisotopic (exact) mass is 266 g/mol. The van der Waals surface area contributed by atoms with Gasteiger partial charge in [0, 0.05) is 12.6 Å². The summed E-state index contributed by atoms with van der Waals surface area (Å²) < 4.78 is 0. The summed E-state index contributed by atoms with van der Waals surface area (Å²) in [5, 5.41) is 2.84. The number of rotatable bonds is 6. The van der Waals surface area contributed by atoms with Gasteiger partial charge in [0.15, 0.2) is 0 Å². The highest BCUT2D eigenvalue weighted by molar-refractivity contribution is 5.46. The van der Waals surface area contributed by atoms with Crippen molar-refractivity contribution in [2.24, 2.45) is 0 Å². The molecular formula is C16H30N2O. The maximum Gasteiger partial charge on any atom is 0.207 e. The van der Waals surface area contributed by atoms with Gasteiger partial charge in [-0.3, -0.25) is 4.79 Å². The second-order valence-electron chi connectivity index (χ2n) is 3.93. The minimum Gasteiger partial charge on any atom is -0.354 e. The van der Waals surface area contributed by atoms with Crippen LogP contribution in [0.4, 0.5) is 0 Å². The van der Waals surface area contributed by atoms with E-state index in [1.165, 1.54) is 5.56 Å². The lowest BCUT2D eigenvalue weighted by Crippen LogP contribution is -2.39. The molecule has 1 aromatic rings. The maximum atomic E-state index is 10.5. The first-order chi connectivity index (χ1) is 9.22. The topological polar surface area (TPSA) is 32.3 Å². The van der Waals surface area contributed by atoms with Crippen molar-refractivity contribution in [1.82, 2.24) is 10.2 Å². The molecular weight excluding hydrogens is 236 g/mol. The van der Waals surface area contributed by atoms with E-state index in [9.17, 15) is 4.79 Å². The van der Waals surface area contributed by atoms with Gasteiger partial charge in [-0.1, -0.05) is 58.0 Å². The highest BCUT2D eigenvalue weighted by Gasteiger charge is 2.08. The van der Waals surface area contributed by atoms with Crippen LogP contribution in [0.1, 0.15) is 33.3 Å². The van der Waals surface area contributed by atoms with Gasteiger partial charge in [-0.2, -0.15) is 0 Å². The summed E-state index contributed by atoms with van der Waals surface area (Å²) in [5.74, 6) is 0.